The summed E-state index contributed by atoms with van der Waals surface area (Å²) in [5, 5.41) is 3.13. The van der Waals surface area contributed by atoms with Gasteiger partial charge in [-0.25, -0.2) is 9.97 Å². The third kappa shape index (κ3) is 3.68. The standard InChI is InChI=1S/C10H16FN3/c1-3-4-5-8(2)14-10-6-9(11)12-7-13-10/h6-8H,3-5H2,1-2H3,(H,12,13,14). The van der Waals surface area contributed by atoms with Gasteiger partial charge < -0.3 is 5.32 Å². The second-order valence-electron chi connectivity index (χ2n) is 3.41. The fourth-order valence-corrected chi connectivity index (χ4v) is 1.25. The van der Waals surface area contributed by atoms with E-state index in [2.05, 4.69) is 29.1 Å². The quantitative estimate of drug-likeness (QED) is 0.737. The van der Waals surface area contributed by atoms with Gasteiger partial charge in [0.15, 0.2) is 0 Å². The van der Waals surface area contributed by atoms with Gasteiger partial charge in [0.1, 0.15) is 12.1 Å². The zero-order valence-electron chi connectivity index (χ0n) is 8.63. The predicted molar refractivity (Wildman–Crippen MR) is 54.6 cm³/mol. The number of hydrogen-bond acceptors (Lipinski definition) is 3. The number of rotatable bonds is 5. The summed E-state index contributed by atoms with van der Waals surface area (Å²) in [5.74, 6) is 0.0614. The Morgan fingerprint density at radius 2 is 2.29 bits per heavy atom. The van der Waals surface area contributed by atoms with Gasteiger partial charge in [-0.3, -0.25) is 0 Å². The van der Waals surface area contributed by atoms with Crippen LogP contribution in [0.5, 0.6) is 0 Å². The monoisotopic (exact) mass is 197 g/mol. The predicted octanol–water partition coefficient (Wildman–Crippen LogP) is 2.61. The number of anilines is 1. The topological polar surface area (TPSA) is 37.8 Å². The van der Waals surface area contributed by atoms with Gasteiger partial charge in [-0.05, 0) is 13.3 Å². The van der Waals surface area contributed by atoms with E-state index in [0.717, 1.165) is 6.42 Å². The van der Waals surface area contributed by atoms with E-state index < -0.39 is 5.95 Å². The Morgan fingerprint density at radius 1 is 1.50 bits per heavy atom. The van der Waals surface area contributed by atoms with Crippen LogP contribution in [0.1, 0.15) is 33.1 Å². The molecule has 1 unspecified atom stereocenters. The number of halogens is 1. The van der Waals surface area contributed by atoms with Gasteiger partial charge in [0.05, 0.1) is 0 Å². The highest BCUT2D eigenvalue weighted by Crippen LogP contribution is 2.08. The van der Waals surface area contributed by atoms with Crippen LogP contribution >= 0.6 is 0 Å². The van der Waals surface area contributed by atoms with Crippen molar-refractivity contribution in [3.05, 3.63) is 18.3 Å². The molecular weight excluding hydrogens is 181 g/mol. The molecule has 1 aromatic heterocycles. The summed E-state index contributed by atoms with van der Waals surface area (Å²) in [6, 6.07) is 1.63. The van der Waals surface area contributed by atoms with Crippen molar-refractivity contribution in [1.82, 2.24) is 9.97 Å². The molecule has 0 saturated carbocycles. The summed E-state index contributed by atoms with van der Waals surface area (Å²) in [6.07, 6.45) is 4.64. The number of nitrogens with zero attached hydrogens (tertiary/aromatic N) is 2. The van der Waals surface area contributed by atoms with Crippen LogP contribution in [0.3, 0.4) is 0 Å². The maximum absolute atomic E-state index is 12.7. The Labute approximate surface area is 83.8 Å². The number of nitrogens with one attached hydrogen (secondary N) is 1. The molecule has 1 heterocycles. The summed E-state index contributed by atoms with van der Waals surface area (Å²) < 4.78 is 12.7. The molecule has 1 aromatic rings. The van der Waals surface area contributed by atoms with Crippen molar-refractivity contribution in [2.45, 2.75) is 39.2 Å². The molecule has 1 rings (SSSR count). The fraction of sp³-hybridized carbons (Fsp3) is 0.600. The lowest BCUT2D eigenvalue weighted by Crippen LogP contribution is -2.15. The molecule has 4 heteroatoms. The zero-order valence-corrected chi connectivity index (χ0v) is 8.63. The average Bonchev–Trinajstić information content (AvgIpc) is 2.15. The molecule has 0 aliphatic rings. The molecule has 0 saturated heterocycles. The Balaban J connectivity index is 2.43. The smallest absolute Gasteiger partial charge is 0.217 e. The molecule has 78 valence electrons. The van der Waals surface area contributed by atoms with Crippen LogP contribution in [0.15, 0.2) is 12.4 Å². The van der Waals surface area contributed by atoms with E-state index in [1.807, 2.05) is 0 Å². The Hall–Kier alpha value is -1.19. The first-order valence-electron chi connectivity index (χ1n) is 4.96. The zero-order chi connectivity index (χ0) is 10.4. The molecule has 1 atom stereocenters. The molecule has 0 fully saturated rings. The van der Waals surface area contributed by atoms with Gasteiger partial charge in [-0.15, -0.1) is 0 Å². The van der Waals surface area contributed by atoms with Crippen molar-refractivity contribution < 1.29 is 4.39 Å². The van der Waals surface area contributed by atoms with E-state index in [4.69, 9.17) is 0 Å². The van der Waals surface area contributed by atoms with Gasteiger partial charge >= 0.3 is 0 Å². The minimum absolute atomic E-state index is 0.323. The highest BCUT2D eigenvalue weighted by atomic mass is 19.1. The minimum atomic E-state index is -0.495. The van der Waals surface area contributed by atoms with E-state index in [1.54, 1.807) is 0 Å². The number of hydrogen-bond donors (Lipinski definition) is 1. The van der Waals surface area contributed by atoms with Gasteiger partial charge in [0, 0.05) is 12.1 Å². The number of aromatic nitrogens is 2. The maximum atomic E-state index is 12.7. The molecule has 0 aliphatic carbocycles. The minimum Gasteiger partial charge on any atom is -0.367 e. The Bertz CT molecular complexity index is 278. The first-order valence-corrected chi connectivity index (χ1v) is 4.96. The second kappa shape index (κ2) is 5.52. The van der Waals surface area contributed by atoms with E-state index in [-0.39, 0.29) is 0 Å². The Kier molecular flexibility index (Phi) is 4.29. The van der Waals surface area contributed by atoms with Crippen molar-refractivity contribution in [3.63, 3.8) is 0 Å². The van der Waals surface area contributed by atoms with Gasteiger partial charge in [0.2, 0.25) is 5.95 Å². The molecule has 0 bridgehead atoms. The van der Waals surface area contributed by atoms with E-state index in [0.29, 0.717) is 11.9 Å². The van der Waals surface area contributed by atoms with Crippen molar-refractivity contribution in [2.24, 2.45) is 0 Å². The lowest BCUT2D eigenvalue weighted by molar-refractivity contribution is 0.578. The first-order chi connectivity index (χ1) is 6.72. The highest BCUT2D eigenvalue weighted by Gasteiger charge is 2.02. The average molecular weight is 197 g/mol. The third-order valence-electron chi connectivity index (χ3n) is 2.02. The van der Waals surface area contributed by atoms with Crippen molar-refractivity contribution in [3.8, 4) is 0 Å². The van der Waals surface area contributed by atoms with Crippen molar-refractivity contribution in [1.29, 1.82) is 0 Å². The van der Waals surface area contributed by atoms with Crippen LogP contribution in [-0.4, -0.2) is 16.0 Å². The molecule has 3 nitrogen and oxygen atoms in total. The van der Waals surface area contributed by atoms with E-state index >= 15 is 0 Å². The van der Waals surface area contributed by atoms with Crippen molar-refractivity contribution in [2.75, 3.05) is 5.32 Å². The fourth-order valence-electron chi connectivity index (χ4n) is 1.25. The van der Waals surface area contributed by atoms with E-state index in [9.17, 15) is 4.39 Å². The lowest BCUT2D eigenvalue weighted by atomic mass is 10.1. The first kappa shape index (κ1) is 10.9. The molecule has 1 N–H and O–H groups in total. The SMILES string of the molecule is CCCCC(C)Nc1cc(F)ncn1. The van der Waals surface area contributed by atoms with Crippen molar-refractivity contribution >= 4 is 5.82 Å². The normalized spacial score (nSPS) is 12.5. The lowest BCUT2D eigenvalue weighted by Gasteiger charge is -2.13. The summed E-state index contributed by atoms with van der Waals surface area (Å²) in [6.45, 7) is 4.22. The van der Waals surface area contributed by atoms with Gasteiger partial charge in [-0.2, -0.15) is 4.39 Å². The third-order valence-corrected chi connectivity index (χ3v) is 2.02. The molecule has 0 aliphatic heterocycles. The summed E-state index contributed by atoms with van der Waals surface area (Å²) >= 11 is 0. The second-order valence-corrected chi connectivity index (χ2v) is 3.41. The summed E-state index contributed by atoms with van der Waals surface area (Å²) in [4.78, 5) is 7.32. The van der Waals surface area contributed by atoms with Gasteiger partial charge in [-0.1, -0.05) is 19.8 Å². The van der Waals surface area contributed by atoms with Gasteiger partial charge in [0.25, 0.3) is 0 Å². The molecule has 0 radical (unpaired) electrons. The molecule has 0 spiro atoms. The largest absolute Gasteiger partial charge is 0.367 e. The molecule has 14 heavy (non-hydrogen) atoms. The van der Waals surface area contributed by atoms with E-state index in [1.165, 1.54) is 25.2 Å². The molecule has 0 aromatic carbocycles. The maximum Gasteiger partial charge on any atom is 0.217 e. The van der Waals surface area contributed by atoms with Crippen LogP contribution in [0.4, 0.5) is 10.2 Å². The Morgan fingerprint density at radius 3 is 2.93 bits per heavy atom. The summed E-state index contributed by atoms with van der Waals surface area (Å²) in [7, 11) is 0. The van der Waals surface area contributed by atoms with Crippen LogP contribution in [0.25, 0.3) is 0 Å². The molecule has 0 amide bonds. The van der Waals surface area contributed by atoms with Crippen LogP contribution in [0, 0.1) is 5.95 Å². The van der Waals surface area contributed by atoms with Crippen LogP contribution < -0.4 is 5.32 Å². The van der Waals surface area contributed by atoms with Crippen LogP contribution in [-0.2, 0) is 0 Å². The van der Waals surface area contributed by atoms with Crippen LogP contribution in [0.2, 0.25) is 0 Å². The highest BCUT2D eigenvalue weighted by molar-refractivity contribution is 5.33. The summed E-state index contributed by atoms with van der Waals surface area (Å²) in [5.41, 5.74) is 0. The molecular formula is C10H16FN3. The number of unbranched alkanes of at least 4 members (excludes halogenated alkanes) is 1.